The zero-order valence-electron chi connectivity index (χ0n) is 10.5. The predicted molar refractivity (Wildman–Crippen MR) is 68.3 cm³/mol. The lowest BCUT2D eigenvalue weighted by Crippen LogP contribution is -1.90. The summed E-state index contributed by atoms with van der Waals surface area (Å²) in [5, 5.41) is 0. The summed E-state index contributed by atoms with van der Waals surface area (Å²) in [5.74, 6) is 0. The fraction of sp³-hybridized carbons (Fsp3) is 0.714. The summed E-state index contributed by atoms with van der Waals surface area (Å²) < 4.78 is 0. The number of aryl methyl sites for hydroxylation is 1. The largest absolute Gasteiger partial charge is 0.261 e. The molecule has 0 N–H and O–H groups in total. The van der Waals surface area contributed by atoms with Gasteiger partial charge >= 0.3 is 0 Å². The maximum absolute atomic E-state index is 4.27. The van der Waals surface area contributed by atoms with E-state index in [0.717, 1.165) is 12.1 Å². The van der Waals surface area contributed by atoms with Gasteiger partial charge in [0.2, 0.25) is 0 Å². The van der Waals surface area contributed by atoms with Gasteiger partial charge in [-0.2, -0.15) is 0 Å². The van der Waals surface area contributed by atoms with Crippen LogP contribution >= 0.6 is 0 Å². The summed E-state index contributed by atoms with van der Waals surface area (Å²) in [6.07, 6.45) is 17.4. The average molecular weight is 220 g/mol. The Hall–Kier alpha value is -0.920. The fourth-order valence-electron chi connectivity index (χ4n) is 1.90. The van der Waals surface area contributed by atoms with Crippen molar-refractivity contribution in [1.29, 1.82) is 0 Å². The molecule has 0 saturated carbocycles. The van der Waals surface area contributed by atoms with Gasteiger partial charge in [0.05, 0.1) is 5.69 Å². The Balaban J connectivity index is 1.89. The molecule has 0 saturated heterocycles. The first kappa shape index (κ1) is 13.1. The molecule has 2 heteroatoms. The van der Waals surface area contributed by atoms with E-state index in [-0.39, 0.29) is 0 Å². The molecule has 0 aromatic carbocycles. The molecule has 1 heterocycles. The van der Waals surface area contributed by atoms with Crippen LogP contribution in [-0.2, 0) is 6.42 Å². The maximum atomic E-state index is 4.27. The van der Waals surface area contributed by atoms with Crippen molar-refractivity contribution in [2.75, 3.05) is 0 Å². The molecule has 16 heavy (non-hydrogen) atoms. The number of rotatable bonds is 9. The topological polar surface area (TPSA) is 25.8 Å². The first-order chi connectivity index (χ1) is 7.93. The minimum atomic E-state index is 1.09. The van der Waals surface area contributed by atoms with Gasteiger partial charge in [0.15, 0.2) is 0 Å². The van der Waals surface area contributed by atoms with Crippen LogP contribution in [0.1, 0.15) is 64.0 Å². The van der Waals surface area contributed by atoms with Gasteiger partial charge in [-0.25, -0.2) is 0 Å². The summed E-state index contributed by atoms with van der Waals surface area (Å²) in [7, 11) is 0. The van der Waals surface area contributed by atoms with Crippen molar-refractivity contribution in [3.63, 3.8) is 0 Å². The quantitative estimate of drug-likeness (QED) is 0.584. The number of hydrogen-bond donors (Lipinski definition) is 0. The lowest BCUT2D eigenvalue weighted by Gasteiger charge is -2.01. The summed E-state index contributed by atoms with van der Waals surface area (Å²) in [5.41, 5.74) is 1.13. The molecule has 0 aliphatic carbocycles. The van der Waals surface area contributed by atoms with Crippen LogP contribution in [0.15, 0.2) is 18.6 Å². The molecule has 1 aromatic rings. The van der Waals surface area contributed by atoms with E-state index in [1.54, 1.807) is 12.4 Å². The van der Waals surface area contributed by atoms with Crippen LogP contribution in [0.25, 0.3) is 0 Å². The van der Waals surface area contributed by atoms with Gasteiger partial charge in [0.1, 0.15) is 0 Å². The molecule has 0 spiro atoms. The highest BCUT2D eigenvalue weighted by atomic mass is 14.8. The lowest BCUT2D eigenvalue weighted by molar-refractivity contribution is 0.573. The van der Waals surface area contributed by atoms with Gasteiger partial charge in [-0.15, -0.1) is 0 Å². The van der Waals surface area contributed by atoms with E-state index in [1.807, 2.05) is 6.20 Å². The van der Waals surface area contributed by atoms with E-state index >= 15 is 0 Å². The smallest absolute Gasteiger partial charge is 0.0586 e. The van der Waals surface area contributed by atoms with Crippen LogP contribution in [0.5, 0.6) is 0 Å². The first-order valence-electron chi connectivity index (χ1n) is 6.68. The molecule has 90 valence electrons. The van der Waals surface area contributed by atoms with Crippen LogP contribution in [0.3, 0.4) is 0 Å². The van der Waals surface area contributed by atoms with Gasteiger partial charge in [0, 0.05) is 18.6 Å². The molecule has 0 aliphatic heterocycles. The van der Waals surface area contributed by atoms with Gasteiger partial charge in [0.25, 0.3) is 0 Å². The Kier molecular flexibility index (Phi) is 7.65. The van der Waals surface area contributed by atoms with Gasteiger partial charge < -0.3 is 0 Å². The van der Waals surface area contributed by atoms with E-state index < -0.39 is 0 Å². The number of nitrogens with zero attached hydrogens (tertiary/aromatic N) is 2. The van der Waals surface area contributed by atoms with Crippen LogP contribution < -0.4 is 0 Å². The normalized spacial score (nSPS) is 10.6. The van der Waals surface area contributed by atoms with Gasteiger partial charge in [-0.1, -0.05) is 51.9 Å². The molecule has 0 unspecified atom stereocenters. The highest BCUT2D eigenvalue weighted by molar-refractivity contribution is 4.94. The first-order valence-corrected chi connectivity index (χ1v) is 6.68. The zero-order chi connectivity index (χ0) is 11.5. The summed E-state index contributed by atoms with van der Waals surface area (Å²) >= 11 is 0. The van der Waals surface area contributed by atoms with Crippen molar-refractivity contribution in [1.82, 2.24) is 9.97 Å². The van der Waals surface area contributed by atoms with E-state index in [9.17, 15) is 0 Å². The number of unbranched alkanes of at least 4 members (excludes halogenated alkanes) is 7. The van der Waals surface area contributed by atoms with Gasteiger partial charge in [-0.05, 0) is 12.8 Å². The predicted octanol–water partition coefficient (Wildman–Crippen LogP) is 4.16. The van der Waals surface area contributed by atoms with Crippen LogP contribution in [0, 0.1) is 0 Å². The van der Waals surface area contributed by atoms with Crippen molar-refractivity contribution < 1.29 is 0 Å². The van der Waals surface area contributed by atoms with Crippen molar-refractivity contribution in [3.05, 3.63) is 24.3 Å². The second-order valence-electron chi connectivity index (χ2n) is 4.42. The molecule has 0 aliphatic rings. The molecule has 1 aromatic heterocycles. The molecule has 1 rings (SSSR count). The zero-order valence-corrected chi connectivity index (χ0v) is 10.5. The molecule has 0 radical (unpaired) electrons. The Morgan fingerprint density at radius 1 is 0.875 bits per heavy atom. The third-order valence-corrected chi connectivity index (χ3v) is 2.90. The maximum Gasteiger partial charge on any atom is 0.0586 e. The number of aromatic nitrogens is 2. The van der Waals surface area contributed by atoms with Crippen LogP contribution in [-0.4, -0.2) is 9.97 Å². The Labute approximate surface area is 99.5 Å². The van der Waals surface area contributed by atoms with Crippen molar-refractivity contribution in [3.8, 4) is 0 Å². The van der Waals surface area contributed by atoms with E-state index in [1.165, 1.54) is 51.4 Å². The van der Waals surface area contributed by atoms with E-state index in [0.29, 0.717) is 0 Å². The summed E-state index contributed by atoms with van der Waals surface area (Å²) in [6, 6.07) is 0. The Morgan fingerprint density at radius 2 is 1.56 bits per heavy atom. The monoisotopic (exact) mass is 220 g/mol. The minimum Gasteiger partial charge on any atom is -0.261 e. The SMILES string of the molecule is CCCCCCCCCCc1cnccn1. The summed E-state index contributed by atoms with van der Waals surface area (Å²) in [4.78, 5) is 8.35. The second kappa shape index (κ2) is 9.32. The lowest BCUT2D eigenvalue weighted by atomic mass is 10.1. The molecule has 0 amide bonds. The van der Waals surface area contributed by atoms with Crippen molar-refractivity contribution in [2.24, 2.45) is 0 Å². The van der Waals surface area contributed by atoms with Crippen LogP contribution in [0.4, 0.5) is 0 Å². The minimum absolute atomic E-state index is 1.09. The Morgan fingerprint density at radius 3 is 2.19 bits per heavy atom. The van der Waals surface area contributed by atoms with E-state index in [4.69, 9.17) is 0 Å². The van der Waals surface area contributed by atoms with Gasteiger partial charge in [-0.3, -0.25) is 9.97 Å². The Bertz CT molecular complexity index is 246. The molecule has 0 bridgehead atoms. The standard InChI is InChI=1S/C14H24N2/c1-2-3-4-5-6-7-8-9-10-14-13-15-11-12-16-14/h11-13H,2-10H2,1H3. The average Bonchev–Trinajstić information content (AvgIpc) is 2.34. The number of hydrogen-bond acceptors (Lipinski definition) is 2. The molecule has 2 nitrogen and oxygen atoms in total. The third-order valence-electron chi connectivity index (χ3n) is 2.90. The highest BCUT2D eigenvalue weighted by Gasteiger charge is 1.94. The van der Waals surface area contributed by atoms with E-state index in [2.05, 4.69) is 16.9 Å². The molecule has 0 atom stereocenters. The molecular weight excluding hydrogens is 196 g/mol. The summed E-state index contributed by atoms with van der Waals surface area (Å²) in [6.45, 7) is 2.26. The van der Waals surface area contributed by atoms with Crippen molar-refractivity contribution in [2.45, 2.75) is 64.7 Å². The molecule has 0 fully saturated rings. The highest BCUT2D eigenvalue weighted by Crippen LogP contribution is 2.09. The third kappa shape index (κ3) is 6.54. The second-order valence-corrected chi connectivity index (χ2v) is 4.42. The fourth-order valence-corrected chi connectivity index (χ4v) is 1.90. The van der Waals surface area contributed by atoms with Crippen LogP contribution in [0.2, 0.25) is 0 Å². The van der Waals surface area contributed by atoms with Crippen molar-refractivity contribution >= 4 is 0 Å². The molecular formula is C14H24N2.